The summed E-state index contributed by atoms with van der Waals surface area (Å²) < 4.78 is 11.4. The van der Waals surface area contributed by atoms with E-state index in [4.69, 9.17) is 9.47 Å². The number of aliphatic hydroxyl groups is 1. The molecule has 2 aliphatic heterocycles. The molecule has 0 radical (unpaired) electrons. The van der Waals surface area contributed by atoms with Crippen LogP contribution >= 0.6 is 0 Å². The summed E-state index contributed by atoms with van der Waals surface area (Å²) >= 11 is 0. The van der Waals surface area contributed by atoms with E-state index in [1.807, 2.05) is 6.08 Å². The number of rotatable bonds is 2. The van der Waals surface area contributed by atoms with Gasteiger partial charge >= 0.3 is 0 Å². The molecule has 84 valence electrons. The minimum atomic E-state index is -0.544. The van der Waals surface area contributed by atoms with Crippen LogP contribution in [0.15, 0.2) is 24.8 Å². The monoisotopic (exact) mass is 210 g/mol. The van der Waals surface area contributed by atoms with Gasteiger partial charge in [0.25, 0.3) is 0 Å². The molecule has 0 aromatic rings. The van der Waals surface area contributed by atoms with Gasteiger partial charge in [0.1, 0.15) is 6.10 Å². The largest absolute Gasteiger partial charge is 0.386 e. The average Bonchev–Trinajstić information content (AvgIpc) is 2.41. The molecule has 0 saturated carbocycles. The number of aliphatic hydroxyl groups excluding tert-OH is 1. The Morgan fingerprint density at radius 3 is 3.13 bits per heavy atom. The van der Waals surface area contributed by atoms with Crippen molar-refractivity contribution in [2.45, 2.75) is 43.7 Å². The van der Waals surface area contributed by atoms with Crippen molar-refractivity contribution in [2.24, 2.45) is 0 Å². The highest BCUT2D eigenvalue weighted by atomic mass is 16.6. The van der Waals surface area contributed by atoms with Gasteiger partial charge in [-0.2, -0.15) is 0 Å². The smallest absolute Gasteiger partial charge is 0.102 e. The minimum Gasteiger partial charge on any atom is -0.386 e. The molecule has 1 N–H and O–H groups in total. The Balaban J connectivity index is 2.06. The molecular weight excluding hydrogens is 192 g/mol. The SMILES string of the molecule is C=CC[C@H]1O[C@H]2CCCO[C@@H]2C=C[C@@H]1O. The Kier molecular flexibility index (Phi) is 3.57. The number of ether oxygens (including phenoxy) is 2. The summed E-state index contributed by atoms with van der Waals surface area (Å²) in [6.45, 7) is 4.47. The van der Waals surface area contributed by atoms with Gasteiger partial charge in [-0.3, -0.25) is 0 Å². The first kappa shape index (κ1) is 10.9. The maximum atomic E-state index is 9.81. The zero-order valence-electron chi connectivity index (χ0n) is 8.84. The summed E-state index contributed by atoms with van der Waals surface area (Å²) in [4.78, 5) is 0. The lowest BCUT2D eigenvalue weighted by atomic mass is 10.1. The maximum Gasteiger partial charge on any atom is 0.102 e. The highest BCUT2D eigenvalue weighted by molar-refractivity contribution is 5.05. The number of hydrogen-bond acceptors (Lipinski definition) is 3. The van der Waals surface area contributed by atoms with Crippen molar-refractivity contribution in [1.82, 2.24) is 0 Å². The highest BCUT2D eigenvalue weighted by Gasteiger charge is 2.31. The molecule has 2 heterocycles. The molecule has 1 saturated heterocycles. The van der Waals surface area contributed by atoms with E-state index in [-0.39, 0.29) is 18.3 Å². The zero-order valence-corrected chi connectivity index (χ0v) is 8.84. The lowest BCUT2D eigenvalue weighted by molar-refractivity contribution is -0.125. The van der Waals surface area contributed by atoms with Crippen molar-refractivity contribution in [1.29, 1.82) is 0 Å². The molecule has 3 heteroatoms. The summed E-state index contributed by atoms with van der Waals surface area (Å²) in [6, 6.07) is 0. The summed E-state index contributed by atoms with van der Waals surface area (Å²) in [7, 11) is 0. The Bertz CT molecular complexity index is 249. The fourth-order valence-corrected chi connectivity index (χ4v) is 2.11. The van der Waals surface area contributed by atoms with Crippen LogP contribution in [0.4, 0.5) is 0 Å². The standard InChI is InChI=1S/C12H18O3/c1-2-4-10-9(13)6-7-11-12(15-10)5-3-8-14-11/h2,6-7,9-13H,1,3-5,8H2/t9-,10+,11+,12-/m0/s1. The Morgan fingerprint density at radius 2 is 2.33 bits per heavy atom. The number of fused-ring (bicyclic) bond motifs is 1. The van der Waals surface area contributed by atoms with Gasteiger partial charge < -0.3 is 14.6 Å². The summed E-state index contributed by atoms with van der Waals surface area (Å²) in [5.41, 5.74) is 0. The van der Waals surface area contributed by atoms with Gasteiger partial charge in [-0.05, 0) is 19.3 Å². The second-order valence-electron chi connectivity index (χ2n) is 4.09. The second kappa shape index (κ2) is 4.92. The molecule has 0 amide bonds. The van der Waals surface area contributed by atoms with Gasteiger partial charge in [-0.15, -0.1) is 6.58 Å². The molecule has 0 aromatic carbocycles. The predicted molar refractivity (Wildman–Crippen MR) is 57.6 cm³/mol. The Morgan fingerprint density at radius 1 is 1.47 bits per heavy atom. The van der Waals surface area contributed by atoms with Crippen LogP contribution in [0.5, 0.6) is 0 Å². The van der Waals surface area contributed by atoms with Crippen molar-refractivity contribution < 1.29 is 14.6 Å². The van der Waals surface area contributed by atoms with Crippen LogP contribution in [0, 0.1) is 0 Å². The molecule has 0 aliphatic carbocycles. The van der Waals surface area contributed by atoms with E-state index in [9.17, 15) is 5.11 Å². The van der Waals surface area contributed by atoms with E-state index in [1.54, 1.807) is 12.2 Å². The van der Waals surface area contributed by atoms with Crippen molar-refractivity contribution in [3.05, 3.63) is 24.8 Å². The van der Waals surface area contributed by atoms with E-state index in [0.717, 1.165) is 19.4 Å². The molecule has 0 aromatic heterocycles. The normalized spacial score (nSPS) is 40.6. The minimum absolute atomic E-state index is 0.0169. The predicted octanol–water partition coefficient (Wildman–Crippen LogP) is 1.43. The third-order valence-corrected chi connectivity index (χ3v) is 2.94. The van der Waals surface area contributed by atoms with Crippen LogP contribution in [0.2, 0.25) is 0 Å². The van der Waals surface area contributed by atoms with E-state index in [1.165, 1.54) is 0 Å². The van der Waals surface area contributed by atoms with Gasteiger partial charge in [-0.25, -0.2) is 0 Å². The average molecular weight is 210 g/mol. The first-order valence-corrected chi connectivity index (χ1v) is 5.55. The van der Waals surface area contributed by atoms with Crippen molar-refractivity contribution in [3.63, 3.8) is 0 Å². The Labute approximate surface area is 90.4 Å². The van der Waals surface area contributed by atoms with Gasteiger partial charge in [0.2, 0.25) is 0 Å². The molecule has 0 unspecified atom stereocenters. The third kappa shape index (κ3) is 2.48. The summed E-state index contributed by atoms with van der Waals surface area (Å²) in [6.07, 6.45) is 7.61. The van der Waals surface area contributed by atoms with Crippen LogP contribution < -0.4 is 0 Å². The molecule has 1 fully saturated rings. The van der Waals surface area contributed by atoms with Gasteiger partial charge in [0.05, 0.1) is 18.3 Å². The molecule has 2 aliphatic rings. The third-order valence-electron chi connectivity index (χ3n) is 2.94. The van der Waals surface area contributed by atoms with Gasteiger partial charge in [0.15, 0.2) is 0 Å². The second-order valence-corrected chi connectivity index (χ2v) is 4.09. The molecule has 15 heavy (non-hydrogen) atoms. The van der Waals surface area contributed by atoms with Crippen LogP contribution in [0.25, 0.3) is 0 Å². The van der Waals surface area contributed by atoms with Crippen LogP contribution in [-0.4, -0.2) is 36.1 Å². The molecule has 0 bridgehead atoms. The zero-order chi connectivity index (χ0) is 10.7. The first-order chi connectivity index (χ1) is 7.31. The Hall–Kier alpha value is -0.640. The summed E-state index contributed by atoms with van der Waals surface area (Å²) in [5.74, 6) is 0. The van der Waals surface area contributed by atoms with E-state index in [2.05, 4.69) is 6.58 Å². The molecule has 0 spiro atoms. The molecule has 2 rings (SSSR count). The fraction of sp³-hybridized carbons (Fsp3) is 0.667. The maximum absolute atomic E-state index is 9.81. The quantitative estimate of drug-likeness (QED) is 0.701. The van der Waals surface area contributed by atoms with E-state index in [0.29, 0.717) is 6.42 Å². The van der Waals surface area contributed by atoms with Gasteiger partial charge in [-0.1, -0.05) is 18.2 Å². The fourth-order valence-electron chi connectivity index (χ4n) is 2.11. The van der Waals surface area contributed by atoms with Crippen molar-refractivity contribution in [3.8, 4) is 0 Å². The molecular formula is C12H18O3. The topological polar surface area (TPSA) is 38.7 Å². The van der Waals surface area contributed by atoms with Crippen LogP contribution in [0.1, 0.15) is 19.3 Å². The first-order valence-electron chi connectivity index (χ1n) is 5.55. The number of hydrogen-bond donors (Lipinski definition) is 1. The molecule has 3 nitrogen and oxygen atoms in total. The lowest BCUT2D eigenvalue weighted by Gasteiger charge is -2.31. The van der Waals surface area contributed by atoms with Crippen LogP contribution in [0.3, 0.4) is 0 Å². The summed E-state index contributed by atoms with van der Waals surface area (Å²) in [5, 5.41) is 9.81. The lowest BCUT2D eigenvalue weighted by Crippen LogP contribution is -2.38. The van der Waals surface area contributed by atoms with E-state index >= 15 is 0 Å². The van der Waals surface area contributed by atoms with Crippen LogP contribution in [-0.2, 0) is 9.47 Å². The van der Waals surface area contributed by atoms with Gasteiger partial charge in [0, 0.05) is 6.61 Å². The van der Waals surface area contributed by atoms with E-state index < -0.39 is 6.10 Å². The highest BCUT2D eigenvalue weighted by Crippen LogP contribution is 2.25. The van der Waals surface area contributed by atoms with Crippen molar-refractivity contribution >= 4 is 0 Å². The van der Waals surface area contributed by atoms with Crippen molar-refractivity contribution in [2.75, 3.05) is 6.61 Å². The molecule has 4 atom stereocenters.